The van der Waals surface area contributed by atoms with Gasteiger partial charge in [0.1, 0.15) is 5.75 Å². The van der Waals surface area contributed by atoms with Gasteiger partial charge >= 0.3 is 0 Å². The van der Waals surface area contributed by atoms with Crippen molar-refractivity contribution in [3.63, 3.8) is 0 Å². The maximum atomic E-state index is 9.43. The Morgan fingerprint density at radius 1 is 1.46 bits per heavy atom. The van der Waals surface area contributed by atoms with Gasteiger partial charge in [-0.1, -0.05) is 6.07 Å². The van der Waals surface area contributed by atoms with Crippen molar-refractivity contribution >= 4 is 5.69 Å². The summed E-state index contributed by atoms with van der Waals surface area (Å²) >= 11 is 0. The summed E-state index contributed by atoms with van der Waals surface area (Å²) < 4.78 is 5.04. The molecule has 0 aromatic heterocycles. The highest BCUT2D eigenvalue weighted by molar-refractivity contribution is 5.51. The average Bonchev–Trinajstić information content (AvgIpc) is 2.04. The summed E-state index contributed by atoms with van der Waals surface area (Å²) in [6.07, 6.45) is 0. The lowest BCUT2D eigenvalue weighted by atomic mass is 10.2. The number of nitrogens with one attached hydrogen (secondary N) is 1. The predicted octanol–water partition coefficient (Wildman–Crippen LogP) is 1.51. The molecule has 2 N–H and O–H groups in total. The Balaban J connectivity index is 2.07. The zero-order chi connectivity index (χ0) is 9.26. The molecule has 1 heterocycles. The summed E-state index contributed by atoms with van der Waals surface area (Å²) in [7, 11) is 0. The van der Waals surface area contributed by atoms with Crippen LogP contribution in [0.2, 0.25) is 0 Å². The van der Waals surface area contributed by atoms with E-state index >= 15 is 0 Å². The number of ether oxygens (including phenoxy) is 1. The Kier molecular flexibility index (Phi) is 2.10. The van der Waals surface area contributed by atoms with Crippen LogP contribution in [-0.4, -0.2) is 24.4 Å². The summed E-state index contributed by atoms with van der Waals surface area (Å²) in [6, 6.07) is 6.01. The fraction of sp³-hybridized carbons (Fsp3) is 0.400. The van der Waals surface area contributed by atoms with Crippen molar-refractivity contribution in [2.24, 2.45) is 0 Å². The van der Waals surface area contributed by atoms with Gasteiger partial charge in [0.25, 0.3) is 0 Å². The fourth-order valence-corrected chi connectivity index (χ4v) is 1.25. The van der Waals surface area contributed by atoms with Crippen LogP contribution in [0.25, 0.3) is 0 Å². The zero-order valence-electron chi connectivity index (χ0n) is 7.58. The van der Waals surface area contributed by atoms with Crippen molar-refractivity contribution < 1.29 is 9.84 Å². The summed E-state index contributed by atoms with van der Waals surface area (Å²) in [6.45, 7) is 3.40. The van der Waals surface area contributed by atoms with Gasteiger partial charge in [0, 0.05) is 11.8 Å². The van der Waals surface area contributed by atoms with Crippen molar-refractivity contribution in [1.29, 1.82) is 0 Å². The molecule has 0 bridgehead atoms. The Morgan fingerprint density at radius 2 is 2.23 bits per heavy atom. The van der Waals surface area contributed by atoms with Crippen LogP contribution in [0.3, 0.4) is 0 Å². The number of aromatic hydroxyl groups is 1. The summed E-state index contributed by atoms with van der Waals surface area (Å²) in [5.41, 5.74) is 1.85. The Morgan fingerprint density at radius 3 is 2.77 bits per heavy atom. The number of hydrogen-bond acceptors (Lipinski definition) is 3. The molecule has 1 aromatic rings. The van der Waals surface area contributed by atoms with Crippen LogP contribution in [-0.2, 0) is 4.74 Å². The molecule has 0 aliphatic carbocycles. The lowest BCUT2D eigenvalue weighted by molar-refractivity contribution is 0.0211. The predicted molar refractivity (Wildman–Crippen MR) is 51.1 cm³/mol. The second kappa shape index (κ2) is 3.26. The third-order valence-corrected chi connectivity index (χ3v) is 2.22. The highest BCUT2D eigenvalue weighted by atomic mass is 16.5. The van der Waals surface area contributed by atoms with Gasteiger partial charge < -0.3 is 15.2 Å². The molecular weight excluding hydrogens is 166 g/mol. The first-order chi connectivity index (χ1) is 6.25. The molecule has 0 unspecified atom stereocenters. The van der Waals surface area contributed by atoms with E-state index in [4.69, 9.17) is 4.74 Å². The number of phenolic OH excluding ortho intramolecular Hbond substituents is 1. The molecule has 1 aliphatic rings. The van der Waals surface area contributed by atoms with E-state index in [0.717, 1.165) is 24.5 Å². The van der Waals surface area contributed by atoms with Crippen LogP contribution in [0.1, 0.15) is 5.56 Å². The molecule has 3 nitrogen and oxygen atoms in total. The average molecular weight is 179 g/mol. The molecule has 0 amide bonds. The highest BCUT2D eigenvalue weighted by Gasteiger charge is 2.17. The van der Waals surface area contributed by atoms with Crippen molar-refractivity contribution in [3.05, 3.63) is 23.8 Å². The van der Waals surface area contributed by atoms with Crippen LogP contribution in [0.15, 0.2) is 18.2 Å². The largest absolute Gasteiger partial charge is 0.508 e. The van der Waals surface area contributed by atoms with Crippen LogP contribution in [0, 0.1) is 6.92 Å². The van der Waals surface area contributed by atoms with E-state index in [9.17, 15) is 5.11 Å². The fourth-order valence-electron chi connectivity index (χ4n) is 1.25. The Hall–Kier alpha value is -1.22. The molecule has 1 saturated heterocycles. The van der Waals surface area contributed by atoms with E-state index in [1.165, 1.54) is 0 Å². The maximum absolute atomic E-state index is 9.43. The standard InChI is InChI=1S/C10H13NO2/c1-7-2-3-8(4-10(7)12)11-9-5-13-6-9/h2-4,9,11-12H,5-6H2,1H3. The number of phenols is 1. The second-order valence-electron chi connectivity index (χ2n) is 3.38. The second-order valence-corrected chi connectivity index (χ2v) is 3.38. The van der Waals surface area contributed by atoms with E-state index in [1.54, 1.807) is 6.07 Å². The minimum Gasteiger partial charge on any atom is -0.508 e. The molecular formula is C10H13NO2. The molecule has 3 heteroatoms. The van der Waals surface area contributed by atoms with Gasteiger partial charge in [-0.15, -0.1) is 0 Å². The number of rotatable bonds is 2. The first-order valence-corrected chi connectivity index (χ1v) is 4.39. The lowest BCUT2D eigenvalue weighted by Crippen LogP contribution is -2.40. The topological polar surface area (TPSA) is 41.5 Å². The smallest absolute Gasteiger partial charge is 0.120 e. The normalized spacial score (nSPS) is 16.7. The van der Waals surface area contributed by atoms with Crippen molar-refractivity contribution in [3.8, 4) is 5.75 Å². The zero-order valence-corrected chi connectivity index (χ0v) is 7.58. The van der Waals surface area contributed by atoms with Gasteiger partial charge in [-0.2, -0.15) is 0 Å². The van der Waals surface area contributed by atoms with E-state index in [2.05, 4.69) is 5.32 Å². The summed E-state index contributed by atoms with van der Waals surface area (Å²) in [5.74, 6) is 0.338. The van der Waals surface area contributed by atoms with E-state index < -0.39 is 0 Å². The van der Waals surface area contributed by atoms with Gasteiger partial charge in [-0.3, -0.25) is 0 Å². The third-order valence-electron chi connectivity index (χ3n) is 2.22. The number of hydrogen-bond donors (Lipinski definition) is 2. The lowest BCUT2D eigenvalue weighted by Gasteiger charge is -2.27. The summed E-state index contributed by atoms with van der Waals surface area (Å²) in [5, 5.41) is 12.7. The van der Waals surface area contributed by atoms with Crippen LogP contribution < -0.4 is 5.32 Å². The third kappa shape index (κ3) is 1.75. The molecule has 1 aliphatic heterocycles. The van der Waals surface area contributed by atoms with Crippen molar-refractivity contribution in [2.45, 2.75) is 13.0 Å². The Labute approximate surface area is 77.3 Å². The van der Waals surface area contributed by atoms with Gasteiger partial charge in [-0.05, 0) is 18.6 Å². The highest BCUT2D eigenvalue weighted by Crippen LogP contribution is 2.22. The molecule has 2 rings (SSSR count). The molecule has 1 aromatic carbocycles. The number of aryl methyl sites for hydroxylation is 1. The van der Waals surface area contributed by atoms with E-state index in [1.807, 2.05) is 19.1 Å². The molecule has 1 fully saturated rings. The number of benzene rings is 1. The van der Waals surface area contributed by atoms with Crippen molar-refractivity contribution in [1.82, 2.24) is 0 Å². The van der Waals surface area contributed by atoms with Gasteiger partial charge in [-0.25, -0.2) is 0 Å². The van der Waals surface area contributed by atoms with E-state index in [0.29, 0.717) is 11.8 Å². The van der Waals surface area contributed by atoms with Crippen LogP contribution in [0.5, 0.6) is 5.75 Å². The minimum atomic E-state index is 0.338. The van der Waals surface area contributed by atoms with Crippen LogP contribution >= 0.6 is 0 Å². The maximum Gasteiger partial charge on any atom is 0.120 e. The van der Waals surface area contributed by atoms with Crippen molar-refractivity contribution in [2.75, 3.05) is 18.5 Å². The molecule has 0 atom stereocenters. The quantitative estimate of drug-likeness (QED) is 0.723. The SMILES string of the molecule is Cc1ccc(NC2COC2)cc1O. The number of anilines is 1. The first kappa shape index (κ1) is 8.38. The molecule has 70 valence electrons. The molecule has 13 heavy (non-hydrogen) atoms. The monoisotopic (exact) mass is 179 g/mol. The first-order valence-electron chi connectivity index (χ1n) is 4.39. The van der Waals surface area contributed by atoms with E-state index in [-0.39, 0.29) is 0 Å². The molecule has 0 spiro atoms. The molecule has 0 saturated carbocycles. The molecule has 0 radical (unpaired) electrons. The Bertz CT molecular complexity index is 308. The van der Waals surface area contributed by atoms with Gasteiger partial charge in [0.05, 0.1) is 19.3 Å². The van der Waals surface area contributed by atoms with Crippen LogP contribution in [0.4, 0.5) is 5.69 Å². The summed E-state index contributed by atoms with van der Waals surface area (Å²) in [4.78, 5) is 0. The minimum absolute atomic E-state index is 0.338. The van der Waals surface area contributed by atoms with Gasteiger partial charge in [0.2, 0.25) is 0 Å². The van der Waals surface area contributed by atoms with Gasteiger partial charge in [0.15, 0.2) is 0 Å².